The van der Waals surface area contributed by atoms with Crippen LogP contribution in [0.3, 0.4) is 0 Å². The van der Waals surface area contributed by atoms with Crippen molar-refractivity contribution in [3.05, 3.63) is 68.6 Å². The Balaban J connectivity index is 1.71. The van der Waals surface area contributed by atoms with Crippen LogP contribution in [0.15, 0.2) is 47.4 Å². The summed E-state index contributed by atoms with van der Waals surface area (Å²) in [7, 11) is 2.04. The van der Waals surface area contributed by atoms with Crippen LogP contribution >= 0.6 is 24.0 Å². The Bertz CT molecular complexity index is 1190. The van der Waals surface area contributed by atoms with E-state index in [1.807, 2.05) is 7.05 Å². The van der Waals surface area contributed by atoms with Gasteiger partial charge in [0.2, 0.25) is 0 Å². The first-order chi connectivity index (χ1) is 15.7. The molecular formula is C22H20N4O5S2. The number of thioether (sulfide) groups is 1. The van der Waals surface area contributed by atoms with Gasteiger partial charge in [-0.05, 0) is 37.4 Å². The summed E-state index contributed by atoms with van der Waals surface area (Å²) in [6, 6.07) is 10.6. The molecule has 2 aliphatic rings. The monoisotopic (exact) mass is 484 g/mol. The molecule has 0 aromatic heterocycles. The van der Waals surface area contributed by atoms with Crippen LogP contribution in [0.5, 0.6) is 0 Å². The molecule has 0 unspecified atom stereocenters. The number of amides is 1. The number of non-ortho nitro benzene ring substituents is 1. The van der Waals surface area contributed by atoms with Gasteiger partial charge in [-0.15, -0.1) is 0 Å². The van der Waals surface area contributed by atoms with Crippen molar-refractivity contribution in [1.82, 2.24) is 4.90 Å². The number of likely N-dealkylation sites (N-methyl/N-ethyl adjacent to an activating group) is 1. The summed E-state index contributed by atoms with van der Waals surface area (Å²) in [5.41, 5.74) is 1.71. The van der Waals surface area contributed by atoms with Gasteiger partial charge in [0, 0.05) is 49.6 Å². The molecule has 2 saturated heterocycles. The Kier molecular flexibility index (Phi) is 6.45. The van der Waals surface area contributed by atoms with E-state index in [2.05, 4.69) is 9.80 Å². The maximum Gasteiger partial charge on any atom is 0.335 e. The van der Waals surface area contributed by atoms with Crippen LogP contribution in [0, 0.1) is 10.1 Å². The molecule has 2 fully saturated rings. The number of nitrogens with zero attached hydrogens (tertiary/aromatic N) is 4. The van der Waals surface area contributed by atoms with Crippen molar-refractivity contribution in [2.75, 3.05) is 43.0 Å². The number of aromatic carboxylic acids is 1. The van der Waals surface area contributed by atoms with Gasteiger partial charge in [-0.3, -0.25) is 19.8 Å². The lowest BCUT2D eigenvalue weighted by Crippen LogP contribution is -2.44. The quantitative estimate of drug-likeness (QED) is 0.295. The summed E-state index contributed by atoms with van der Waals surface area (Å²) < 4.78 is 0.264. The first-order valence-electron chi connectivity index (χ1n) is 10.1. The number of hydrogen-bond acceptors (Lipinski definition) is 8. The molecule has 4 rings (SSSR count). The number of carbonyl (C=O) groups excluding carboxylic acids is 1. The summed E-state index contributed by atoms with van der Waals surface area (Å²) in [5.74, 6) is -1.50. The van der Waals surface area contributed by atoms with Crippen molar-refractivity contribution in [2.45, 2.75) is 0 Å². The number of carbonyl (C=O) groups is 2. The van der Waals surface area contributed by atoms with Gasteiger partial charge in [-0.1, -0.05) is 30.0 Å². The molecule has 2 aromatic carbocycles. The summed E-state index contributed by atoms with van der Waals surface area (Å²) in [5, 5.41) is 20.6. The Hall–Kier alpha value is -3.28. The Morgan fingerprint density at radius 1 is 1.18 bits per heavy atom. The summed E-state index contributed by atoms with van der Waals surface area (Å²) in [6.45, 7) is 3.24. The first kappa shape index (κ1) is 22.9. The predicted molar refractivity (Wildman–Crippen MR) is 132 cm³/mol. The molecule has 2 heterocycles. The third-order valence-electron chi connectivity index (χ3n) is 5.50. The SMILES string of the molecule is CN1CCN(c2ccc([N+](=O)[O-])cc2/C=C2/SC(=S)N(c3cccc(C(=O)O)c3)C2=O)CC1. The molecule has 9 nitrogen and oxygen atoms in total. The lowest BCUT2D eigenvalue weighted by Gasteiger charge is -2.34. The van der Waals surface area contributed by atoms with Gasteiger partial charge >= 0.3 is 5.97 Å². The van der Waals surface area contributed by atoms with Crippen molar-refractivity contribution < 1.29 is 19.6 Å². The Morgan fingerprint density at radius 2 is 1.91 bits per heavy atom. The molecule has 0 spiro atoms. The first-order valence-corrected chi connectivity index (χ1v) is 11.3. The number of piperazine rings is 1. The van der Waals surface area contributed by atoms with Crippen LogP contribution in [-0.2, 0) is 4.79 Å². The fourth-order valence-electron chi connectivity index (χ4n) is 3.72. The zero-order chi connectivity index (χ0) is 23.7. The summed E-state index contributed by atoms with van der Waals surface area (Å²) in [6.07, 6.45) is 1.63. The van der Waals surface area contributed by atoms with E-state index in [0.29, 0.717) is 16.2 Å². The van der Waals surface area contributed by atoms with Gasteiger partial charge in [-0.25, -0.2) is 4.79 Å². The topological polar surface area (TPSA) is 107 Å². The van der Waals surface area contributed by atoms with Crippen LogP contribution in [0.1, 0.15) is 15.9 Å². The highest BCUT2D eigenvalue weighted by Crippen LogP contribution is 2.38. The molecule has 11 heteroatoms. The third-order valence-corrected chi connectivity index (χ3v) is 6.80. The lowest BCUT2D eigenvalue weighted by atomic mass is 10.1. The lowest BCUT2D eigenvalue weighted by molar-refractivity contribution is -0.384. The van der Waals surface area contributed by atoms with E-state index in [1.165, 1.54) is 29.2 Å². The average Bonchev–Trinajstić information content (AvgIpc) is 3.07. The molecular weight excluding hydrogens is 464 g/mol. The maximum absolute atomic E-state index is 13.2. The molecule has 1 amide bonds. The number of carboxylic acid groups (broad SMARTS) is 1. The van der Waals surface area contributed by atoms with Crippen molar-refractivity contribution in [3.63, 3.8) is 0 Å². The zero-order valence-corrected chi connectivity index (χ0v) is 19.3. The Morgan fingerprint density at radius 3 is 2.58 bits per heavy atom. The fourth-order valence-corrected chi connectivity index (χ4v) is 5.01. The molecule has 2 aromatic rings. The fraction of sp³-hybridized carbons (Fsp3) is 0.227. The molecule has 0 aliphatic carbocycles. The highest BCUT2D eigenvalue weighted by molar-refractivity contribution is 8.27. The maximum atomic E-state index is 13.2. The van der Waals surface area contributed by atoms with Gasteiger partial charge in [0.05, 0.1) is 21.1 Å². The van der Waals surface area contributed by atoms with Crippen LogP contribution in [0.2, 0.25) is 0 Å². The molecule has 0 bridgehead atoms. The highest BCUT2D eigenvalue weighted by Gasteiger charge is 2.34. The van der Waals surface area contributed by atoms with Crippen molar-refractivity contribution in [2.24, 2.45) is 0 Å². The number of nitro groups is 1. The van der Waals surface area contributed by atoms with E-state index in [-0.39, 0.29) is 15.6 Å². The molecule has 170 valence electrons. The minimum atomic E-state index is -1.11. The minimum Gasteiger partial charge on any atom is -0.478 e. The Labute approximate surface area is 199 Å². The van der Waals surface area contributed by atoms with Crippen molar-refractivity contribution >= 4 is 63.3 Å². The number of thiocarbonyl (C=S) groups is 1. The second-order valence-corrected chi connectivity index (χ2v) is 9.34. The number of rotatable bonds is 5. The largest absolute Gasteiger partial charge is 0.478 e. The van der Waals surface area contributed by atoms with Crippen LogP contribution in [0.4, 0.5) is 17.1 Å². The second kappa shape index (κ2) is 9.30. The van der Waals surface area contributed by atoms with Gasteiger partial charge in [0.15, 0.2) is 4.32 Å². The average molecular weight is 485 g/mol. The van der Waals surface area contributed by atoms with E-state index in [1.54, 1.807) is 24.3 Å². The highest BCUT2D eigenvalue weighted by atomic mass is 32.2. The smallest absolute Gasteiger partial charge is 0.335 e. The normalized spacial score (nSPS) is 18.3. The zero-order valence-electron chi connectivity index (χ0n) is 17.6. The minimum absolute atomic E-state index is 0.0431. The van der Waals surface area contributed by atoms with Crippen molar-refractivity contribution in [1.29, 1.82) is 0 Å². The van der Waals surface area contributed by atoms with Crippen LogP contribution < -0.4 is 9.80 Å². The molecule has 33 heavy (non-hydrogen) atoms. The van der Waals surface area contributed by atoms with E-state index < -0.39 is 16.8 Å². The molecule has 2 aliphatic heterocycles. The van der Waals surface area contributed by atoms with Crippen LogP contribution in [-0.4, -0.2) is 64.4 Å². The van der Waals surface area contributed by atoms with Gasteiger partial charge in [-0.2, -0.15) is 0 Å². The molecule has 0 saturated carbocycles. The van der Waals surface area contributed by atoms with Crippen molar-refractivity contribution in [3.8, 4) is 0 Å². The van der Waals surface area contributed by atoms with Gasteiger partial charge in [0.1, 0.15) is 0 Å². The molecule has 0 radical (unpaired) electrons. The van der Waals surface area contributed by atoms with Gasteiger partial charge in [0.25, 0.3) is 11.6 Å². The van der Waals surface area contributed by atoms with Crippen LogP contribution in [0.25, 0.3) is 6.08 Å². The number of nitro benzene ring substituents is 1. The summed E-state index contributed by atoms with van der Waals surface area (Å²) >= 11 is 6.48. The summed E-state index contributed by atoms with van der Waals surface area (Å²) in [4.78, 5) is 41.4. The van der Waals surface area contributed by atoms with Gasteiger partial charge < -0.3 is 14.9 Å². The number of anilines is 2. The number of carboxylic acids is 1. The van der Waals surface area contributed by atoms with E-state index >= 15 is 0 Å². The number of hydrogen-bond donors (Lipinski definition) is 1. The van der Waals surface area contributed by atoms with E-state index in [4.69, 9.17) is 12.2 Å². The standard InChI is InChI=1S/C22H20N4O5S2/c1-23-7-9-24(10-8-23)18-6-5-17(26(30)31)12-15(18)13-19-20(27)25(22(32)33-19)16-4-2-3-14(11-16)21(28)29/h2-6,11-13H,7-10H2,1H3,(H,28,29)/b19-13+. The molecule has 1 N–H and O–H groups in total. The third kappa shape index (κ3) is 4.75. The molecule has 0 atom stereocenters. The second-order valence-electron chi connectivity index (χ2n) is 7.66. The van der Waals surface area contributed by atoms with E-state index in [0.717, 1.165) is 43.6 Å². The van der Waals surface area contributed by atoms with E-state index in [9.17, 15) is 24.8 Å². The number of benzene rings is 2. The predicted octanol–water partition coefficient (Wildman–Crippen LogP) is 3.45.